The molecule has 0 nitrogen and oxygen atoms in total. The van der Waals surface area contributed by atoms with E-state index < -0.39 is 0 Å². The first-order valence-corrected chi connectivity index (χ1v) is 23.2. The van der Waals surface area contributed by atoms with Crippen molar-refractivity contribution in [3.05, 3.63) is 261 Å². The summed E-state index contributed by atoms with van der Waals surface area (Å²) in [5.74, 6) is 0. The van der Waals surface area contributed by atoms with Crippen molar-refractivity contribution in [1.29, 1.82) is 0 Å². The Morgan fingerprint density at radius 3 is 1.29 bits per heavy atom. The highest BCUT2D eigenvalue weighted by atomic mass is 14.5. The van der Waals surface area contributed by atoms with Crippen molar-refractivity contribution in [3.63, 3.8) is 0 Å². The Morgan fingerprint density at radius 2 is 0.683 bits per heavy atom. The van der Waals surface area contributed by atoms with E-state index in [1.807, 2.05) is 0 Å². The van der Waals surface area contributed by atoms with Gasteiger partial charge in [-0.15, -0.1) is 0 Å². The second kappa shape index (κ2) is 12.1. The zero-order valence-electron chi connectivity index (χ0n) is 35.2. The molecule has 0 radical (unpaired) electrons. The van der Waals surface area contributed by atoms with E-state index in [0.29, 0.717) is 0 Å². The molecule has 0 saturated heterocycles. The number of aryl methyl sites for hydroxylation is 2. The van der Waals surface area contributed by atoms with Gasteiger partial charge in [0.05, 0.1) is 0 Å². The van der Waals surface area contributed by atoms with E-state index >= 15 is 0 Å². The van der Waals surface area contributed by atoms with Crippen LogP contribution >= 0.6 is 0 Å². The predicted molar refractivity (Wildman–Crippen MR) is 258 cm³/mol. The van der Waals surface area contributed by atoms with Crippen LogP contribution in [0.3, 0.4) is 0 Å². The molecule has 9 aromatic carbocycles. The Balaban J connectivity index is 0.865. The molecule has 9 aromatic rings. The molecule has 3 unspecified atom stereocenters. The number of fused-ring (bicyclic) bond motifs is 20. The van der Waals surface area contributed by atoms with Gasteiger partial charge < -0.3 is 0 Å². The lowest BCUT2D eigenvalue weighted by Gasteiger charge is -2.29. The van der Waals surface area contributed by atoms with Crippen LogP contribution in [0.1, 0.15) is 79.6 Å². The quantitative estimate of drug-likeness (QED) is 0.163. The molecule has 296 valence electrons. The molecule has 6 aliphatic carbocycles. The van der Waals surface area contributed by atoms with Gasteiger partial charge in [-0.25, -0.2) is 0 Å². The summed E-state index contributed by atoms with van der Waals surface area (Å²) in [5, 5.41) is 0. The summed E-state index contributed by atoms with van der Waals surface area (Å²) >= 11 is 0. The lowest BCUT2D eigenvalue weighted by molar-refractivity contribution is 0.564. The maximum atomic E-state index is 2.59. The highest BCUT2D eigenvalue weighted by molar-refractivity contribution is 5.91. The molecule has 0 amide bonds. The van der Waals surface area contributed by atoms with E-state index in [2.05, 4.69) is 194 Å². The van der Waals surface area contributed by atoms with E-state index in [4.69, 9.17) is 0 Å². The summed E-state index contributed by atoms with van der Waals surface area (Å²) in [7, 11) is 0. The van der Waals surface area contributed by atoms with Crippen LogP contribution in [-0.4, -0.2) is 0 Å². The van der Waals surface area contributed by atoms with Crippen molar-refractivity contribution in [2.24, 2.45) is 0 Å². The smallest absolute Gasteiger partial charge is 0.0469 e. The van der Waals surface area contributed by atoms with Crippen LogP contribution in [0.4, 0.5) is 0 Å². The molecule has 6 aliphatic rings. The molecule has 0 heteroatoms. The van der Waals surface area contributed by atoms with Crippen LogP contribution in [0.2, 0.25) is 0 Å². The number of benzene rings is 9. The minimum absolute atomic E-state index is 0.0986. The number of hydrogen-bond acceptors (Lipinski definition) is 0. The van der Waals surface area contributed by atoms with Gasteiger partial charge in [-0.3, -0.25) is 0 Å². The molecule has 3 spiro atoms. The molecule has 0 fully saturated rings. The largest absolute Gasteiger partial charge is 0.0620 e. The average molecular weight is 801 g/mol. The molecule has 0 saturated carbocycles. The fraction of sp³-hybridized carbons (Fsp3) is 0.143. The summed E-state index contributed by atoms with van der Waals surface area (Å²) < 4.78 is 0. The Labute approximate surface area is 369 Å². The first kappa shape index (κ1) is 34.6. The minimum Gasteiger partial charge on any atom is -0.0620 e. The summed E-state index contributed by atoms with van der Waals surface area (Å²) in [6.07, 6.45) is 6.48. The zero-order chi connectivity index (χ0) is 41.1. The van der Waals surface area contributed by atoms with Gasteiger partial charge >= 0.3 is 0 Å². The topological polar surface area (TPSA) is 0 Å². The monoisotopic (exact) mass is 800 g/mol. The molecule has 0 heterocycles. The predicted octanol–water partition coefficient (Wildman–Crippen LogP) is 14.6. The Hall–Kier alpha value is -7.02. The van der Waals surface area contributed by atoms with Crippen LogP contribution in [-0.2, 0) is 41.9 Å². The van der Waals surface area contributed by atoms with Crippen LogP contribution in [0.25, 0.3) is 55.6 Å². The summed E-state index contributed by atoms with van der Waals surface area (Å²) in [6, 6.07) is 75.6. The molecule has 0 aliphatic heterocycles. The maximum absolute atomic E-state index is 2.59. The number of rotatable bonds is 2. The van der Waals surface area contributed by atoms with E-state index in [0.717, 1.165) is 38.5 Å². The van der Waals surface area contributed by atoms with Crippen LogP contribution in [0, 0.1) is 0 Å². The van der Waals surface area contributed by atoms with Gasteiger partial charge in [-0.2, -0.15) is 0 Å². The number of hydrogen-bond donors (Lipinski definition) is 0. The molecule has 63 heavy (non-hydrogen) atoms. The lowest BCUT2D eigenvalue weighted by Crippen LogP contribution is -2.26. The van der Waals surface area contributed by atoms with Gasteiger partial charge in [0.2, 0.25) is 0 Å². The van der Waals surface area contributed by atoms with Crippen LogP contribution < -0.4 is 0 Å². The van der Waals surface area contributed by atoms with E-state index in [-0.39, 0.29) is 16.2 Å². The van der Waals surface area contributed by atoms with Gasteiger partial charge in [0.1, 0.15) is 0 Å². The highest BCUT2D eigenvalue weighted by Crippen LogP contribution is 2.62. The minimum atomic E-state index is -0.127. The summed E-state index contributed by atoms with van der Waals surface area (Å²) in [6.45, 7) is 0. The van der Waals surface area contributed by atoms with Crippen molar-refractivity contribution in [2.75, 3.05) is 0 Å². The first-order chi connectivity index (χ1) is 31.2. The highest BCUT2D eigenvalue weighted by Gasteiger charge is 2.51. The summed E-state index contributed by atoms with van der Waals surface area (Å²) in [5.41, 5.74) is 31.3. The van der Waals surface area contributed by atoms with Crippen molar-refractivity contribution < 1.29 is 0 Å². The fourth-order valence-corrected chi connectivity index (χ4v) is 14.4. The average Bonchev–Trinajstić information content (AvgIpc) is 4.19. The van der Waals surface area contributed by atoms with Gasteiger partial charge in [0.15, 0.2) is 0 Å². The SMILES string of the molecule is c1ccc2c(c1)CCC21c2ccccc2-c2ccc(-c3ccc4c(c3)C3(Cc5cccc(-c6ccc7c(c6)C6(CCc8ccccc86)c6ccccc6-7)c5C3)c3ccccc3-4)cc21. The zero-order valence-corrected chi connectivity index (χ0v) is 35.2. The van der Waals surface area contributed by atoms with Crippen molar-refractivity contribution in [1.82, 2.24) is 0 Å². The van der Waals surface area contributed by atoms with E-state index in [1.54, 1.807) is 0 Å². The van der Waals surface area contributed by atoms with Crippen LogP contribution in [0.5, 0.6) is 0 Å². The molecule has 0 N–H and O–H groups in total. The normalized spacial score (nSPS) is 21.8. The van der Waals surface area contributed by atoms with E-state index in [1.165, 1.54) is 122 Å². The first-order valence-electron chi connectivity index (χ1n) is 23.2. The van der Waals surface area contributed by atoms with Crippen molar-refractivity contribution in [2.45, 2.75) is 54.8 Å². The molecule has 3 atom stereocenters. The van der Waals surface area contributed by atoms with Gasteiger partial charge in [0, 0.05) is 16.2 Å². The summed E-state index contributed by atoms with van der Waals surface area (Å²) in [4.78, 5) is 0. The second-order valence-electron chi connectivity index (χ2n) is 19.4. The van der Waals surface area contributed by atoms with Gasteiger partial charge in [-0.05, 0) is 179 Å². The third kappa shape index (κ3) is 4.23. The Morgan fingerprint density at radius 1 is 0.270 bits per heavy atom. The van der Waals surface area contributed by atoms with Gasteiger partial charge in [0.25, 0.3) is 0 Å². The third-order valence-electron chi connectivity index (χ3n) is 17.0. The molecule has 0 bridgehead atoms. The molecule has 15 rings (SSSR count). The molecule has 0 aromatic heterocycles. The fourth-order valence-electron chi connectivity index (χ4n) is 14.4. The third-order valence-corrected chi connectivity index (χ3v) is 17.0. The maximum Gasteiger partial charge on any atom is 0.0469 e. The lowest BCUT2D eigenvalue weighted by atomic mass is 9.72. The Kier molecular flexibility index (Phi) is 6.65. The van der Waals surface area contributed by atoms with Crippen LogP contribution in [0.15, 0.2) is 194 Å². The standard InChI is InChI=1S/C63H44/c1-6-19-53-39(12-1)30-32-62(53)56-22-9-4-16-47(56)50-28-25-42(35-59(50)62)41-24-27-49-46-15-3-8-21-55(46)61(58(49)34-41)37-44-14-11-18-45(52(44)38-61)43-26-29-51-48-17-5-10-23-57(48)63(60(51)36-43)33-31-40-13-2-7-20-54(40)63/h1-29,34-36H,30-33,37-38H2. The van der Waals surface area contributed by atoms with E-state index in [9.17, 15) is 0 Å². The Bertz CT molecular complexity index is 3490. The van der Waals surface area contributed by atoms with Crippen molar-refractivity contribution >= 4 is 0 Å². The molecular formula is C63H44. The van der Waals surface area contributed by atoms with Crippen molar-refractivity contribution in [3.8, 4) is 55.6 Å². The van der Waals surface area contributed by atoms with Gasteiger partial charge in [-0.1, -0.05) is 176 Å². The second-order valence-corrected chi connectivity index (χ2v) is 19.4. The molecular weight excluding hydrogens is 757 g/mol.